The molecule has 0 unspecified atom stereocenters. The molecule has 4 rings (SSSR count). The lowest BCUT2D eigenvalue weighted by molar-refractivity contribution is -0.136. The van der Waals surface area contributed by atoms with Crippen molar-refractivity contribution in [1.82, 2.24) is 9.97 Å². The Morgan fingerprint density at radius 3 is 1.56 bits per heavy atom. The van der Waals surface area contributed by atoms with Gasteiger partial charge in [-0.2, -0.15) is 0 Å². The SMILES string of the molecule is CC(C)(C)[Si](C)(C)Oc1cccc(CC(=O)O)c1.CCOC(=O)c1cnc(N)s1.CCOC(=O)c1cnc(NC(=O)Cc2cccc(O[Si](C)(C)C(C)(C)C)c2)s1. The molecule has 0 aliphatic carbocycles. The molecule has 0 atom stereocenters. The number of nitrogen functional groups attached to an aromatic ring is 1. The highest BCUT2D eigenvalue weighted by atomic mass is 32.1. The number of hydrogen-bond donors (Lipinski definition) is 3. The van der Waals surface area contributed by atoms with Crippen molar-refractivity contribution in [2.45, 2.75) is 104 Å². The van der Waals surface area contributed by atoms with Crippen LogP contribution in [0.3, 0.4) is 0 Å². The molecule has 17 heteroatoms. The molecule has 0 saturated heterocycles. The van der Waals surface area contributed by atoms with Crippen LogP contribution in [0.15, 0.2) is 60.9 Å². The molecule has 2 aromatic carbocycles. The van der Waals surface area contributed by atoms with Gasteiger partial charge in [-0.25, -0.2) is 19.6 Å². The van der Waals surface area contributed by atoms with E-state index >= 15 is 0 Å². The summed E-state index contributed by atoms with van der Waals surface area (Å²) in [5.41, 5.74) is 6.95. The van der Waals surface area contributed by atoms with Crippen LogP contribution in [0, 0.1) is 0 Å². The molecule has 0 aliphatic rings. The van der Waals surface area contributed by atoms with E-state index in [2.05, 4.69) is 83.0 Å². The van der Waals surface area contributed by atoms with Gasteiger partial charge < -0.3 is 34.5 Å². The first kappa shape index (κ1) is 48.6. The van der Waals surface area contributed by atoms with E-state index in [4.69, 9.17) is 29.2 Å². The fraction of sp³-hybridized carbons (Fsp3) is 0.450. The van der Waals surface area contributed by atoms with Crippen LogP contribution in [-0.4, -0.2) is 68.7 Å². The number of nitrogens with two attached hydrogens (primary N) is 1. The highest BCUT2D eigenvalue weighted by Gasteiger charge is 2.40. The third kappa shape index (κ3) is 16.4. The van der Waals surface area contributed by atoms with Gasteiger partial charge in [0.2, 0.25) is 22.5 Å². The Hall–Kier alpha value is -4.59. The lowest BCUT2D eigenvalue weighted by Crippen LogP contribution is -2.43. The van der Waals surface area contributed by atoms with Crippen molar-refractivity contribution in [1.29, 1.82) is 0 Å². The summed E-state index contributed by atoms with van der Waals surface area (Å²) in [5.74, 6) is -0.248. The molecule has 0 fully saturated rings. The van der Waals surface area contributed by atoms with Crippen LogP contribution in [0.25, 0.3) is 0 Å². The van der Waals surface area contributed by atoms with Crippen LogP contribution in [-0.2, 0) is 31.9 Å². The number of ether oxygens (including phenoxy) is 2. The summed E-state index contributed by atoms with van der Waals surface area (Å²) in [6.45, 7) is 26.0. The van der Waals surface area contributed by atoms with Gasteiger partial charge >= 0.3 is 17.9 Å². The molecule has 0 spiro atoms. The first-order chi connectivity index (χ1) is 26.4. The van der Waals surface area contributed by atoms with Crippen molar-refractivity contribution in [2.75, 3.05) is 24.3 Å². The van der Waals surface area contributed by atoms with Crippen LogP contribution in [0.5, 0.6) is 11.5 Å². The highest BCUT2D eigenvalue weighted by Crippen LogP contribution is 2.38. The van der Waals surface area contributed by atoms with Crippen molar-refractivity contribution < 1.29 is 42.6 Å². The van der Waals surface area contributed by atoms with Gasteiger partial charge in [0.15, 0.2) is 10.3 Å². The number of carbonyl (C=O) groups is 4. The lowest BCUT2D eigenvalue weighted by Gasteiger charge is -2.36. The van der Waals surface area contributed by atoms with Crippen molar-refractivity contribution in [2.24, 2.45) is 0 Å². The van der Waals surface area contributed by atoms with Crippen molar-refractivity contribution >= 4 is 73.4 Å². The van der Waals surface area contributed by atoms with Gasteiger partial charge in [-0.15, -0.1) is 0 Å². The number of carboxylic acids is 1. The first-order valence-corrected chi connectivity index (χ1v) is 25.9. The van der Waals surface area contributed by atoms with Gasteiger partial charge in [-0.1, -0.05) is 88.5 Å². The Kier molecular flexibility index (Phi) is 18.1. The Morgan fingerprint density at radius 2 is 1.16 bits per heavy atom. The molecule has 57 heavy (non-hydrogen) atoms. The number of carbonyl (C=O) groups excluding carboxylic acids is 3. The van der Waals surface area contributed by atoms with E-state index in [1.54, 1.807) is 13.8 Å². The van der Waals surface area contributed by atoms with E-state index in [0.29, 0.717) is 33.2 Å². The number of aliphatic carboxylic acids is 1. The number of benzene rings is 2. The van der Waals surface area contributed by atoms with Gasteiger partial charge in [0.05, 0.1) is 38.4 Å². The monoisotopic (exact) mass is 858 g/mol. The van der Waals surface area contributed by atoms with Crippen LogP contribution < -0.4 is 19.9 Å². The number of carboxylic acid groups (broad SMARTS) is 1. The minimum absolute atomic E-state index is 0.0364. The molecular formula is C40H58N4O9S2Si2. The molecule has 4 aromatic rings. The minimum atomic E-state index is -1.94. The maximum atomic E-state index is 12.3. The van der Waals surface area contributed by atoms with E-state index in [1.165, 1.54) is 12.4 Å². The summed E-state index contributed by atoms with van der Waals surface area (Å²) < 4.78 is 22.1. The highest BCUT2D eigenvalue weighted by molar-refractivity contribution is 7.17. The largest absolute Gasteiger partial charge is 0.543 e. The summed E-state index contributed by atoms with van der Waals surface area (Å²) in [7, 11) is -3.79. The molecular weight excluding hydrogens is 801 g/mol. The van der Waals surface area contributed by atoms with Crippen molar-refractivity contribution in [3.63, 3.8) is 0 Å². The van der Waals surface area contributed by atoms with E-state index < -0.39 is 28.6 Å². The van der Waals surface area contributed by atoms with Gasteiger partial charge in [0.1, 0.15) is 21.3 Å². The summed E-state index contributed by atoms with van der Waals surface area (Å²) >= 11 is 2.22. The van der Waals surface area contributed by atoms with Gasteiger partial charge in [0, 0.05) is 0 Å². The second-order valence-corrected chi connectivity index (χ2v) is 27.4. The normalized spacial score (nSPS) is 11.5. The van der Waals surface area contributed by atoms with Gasteiger partial charge in [-0.3, -0.25) is 9.59 Å². The molecule has 0 bridgehead atoms. The zero-order valence-electron chi connectivity index (χ0n) is 35.1. The number of nitrogens with one attached hydrogen (secondary N) is 1. The number of anilines is 2. The standard InChI is InChI=1S/C20H28N2O4SSi.C14H22O3Si.C6H8N2O2S/c1-7-25-18(24)16-13-21-19(27-16)22-17(23)12-14-9-8-10-15(11-14)26-28(5,6)20(2,3)4;1-14(2,3)18(4,5)17-12-8-6-7-11(9-12)10-13(15)16;1-2-10-5(9)4-3-8-6(7)11-4/h8-11,13H,7,12H2,1-6H3,(H,21,22,23);6-9H,10H2,1-5H3,(H,15,16);3H,2H2,1H3,(H2,7,8). The predicted molar refractivity (Wildman–Crippen MR) is 233 cm³/mol. The maximum absolute atomic E-state index is 12.3. The number of thiazole rings is 2. The van der Waals surface area contributed by atoms with Crippen LogP contribution >= 0.6 is 22.7 Å². The average Bonchev–Trinajstić information content (AvgIpc) is 3.73. The predicted octanol–water partition coefficient (Wildman–Crippen LogP) is 9.48. The van der Waals surface area contributed by atoms with E-state index in [0.717, 1.165) is 45.3 Å². The molecule has 0 radical (unpaired) electrons. The molecule has 0 aliphatic heterocycles. The quantitative estimate of drug-likeness (QED) is 0.0854. The minimum Gasteiger partial charge on any atom is -0.543 e. The van der Waals surface area contributed by atoms with E-state index in [-0.39, 0.29) is 34.8 Å². The second-order valence-electron chi connectivity index (χ2n) is 15.8. The van der Waals surface area contributed by atoms with E-state index in [1.807, 2.05) is 48.5 Å². The smallest absolute Gasteiger partial charge is 0.350 e. The van der Waals surface area contributed by atoms with Gasteiger partial charge in [-0.05, 0) is 85.5 Å². The topological polar surface area (TPSA) is 189 Å². The van der Waals surface area contributed by atoms with Crippen LogP contribution in [0.2, 0.25) is 36.3 Å². The number of nitrogens with zero attached hydrogens (tertiary/aromatic N) is 2. The summed E-state index contributed by atoms with van der Waals surface area (Å²) in [6, 6.07) is 15.0. The lowest BCUT2D eigenvalue weighted by atomic mass is 10.1. The summed E-state index contributed by atoms with van der Waals surface area (Å²) in [4.78, 5) is 54.3. The zero-order chi connectivity index (χ0) is 43.2. The third-order valence-corrected chi connectivity index (χ3v) is 19.5. The van der Waals surface area contributed by atoms with E-state index in [9.17, 15) is 19.2 Å². The maximum Gasteiger partial charge on any atom is 0.350 e. The molecule has 312 valence electrons. The number of hydrogen-bond acceptors (Lipinski definition) is 13. The molecule has 2 aromatic heterocycles. The van der Waals surface area contributed by atoms with Crippen LogP contribution in [0.1, 0.15) is 85.9 Å². The number of aromatic nitrogens is 2. The van der Waals surface area contributed by atoms with Crippen molar-refractivity contribution in [3.8, 4) is 11.5 Å². The van der Waals surface area contributed by atoms with Crippen molar-refractivity contribution in [3.05, 3.63) is 81.8 Å². The molecule has 13 nitrogen and oxygen atoms in total. The number of esters is 2. The number of rotatable bonds is 13. The fourth-order valence-corrected chi connectivity index (χ4v) is 7.42. The first-order valence-electron chi connectivity index (χ1n) is 18.5. The Labute approximate surface area is 346 Å². The molecule has 0 saturated carbocycles. The Balaban J connectivity index is 0.000000329. The summed E-state index contributed by atoms with van der Waals surface area (Å²) in [6.07, 6.45) is 3.06. The third-order valence-electron chi connectivity index (χ3n) is 9.10. The van der Waals surface area contributed by atoms with Crippen LogP contribution in [0.4, 0.5) is 10.3 Å². The Bertz CT molecular complexity index is 1950. The van der Waals surface area contributed by atoms with Gasteiger partial charge in [0.25, 0.3) is 0 Å². The molecule has 1 amide bonds. The number of amides is 1. The molecule has 4 N–H and O–H groups in total. The zero-order valence-corrected chi connectivity index (χ0v) is 38.7. The average molecular weight is 859 g/mol. The second kappa shape index (κ2) is 21.3. The fourth-order valence-electron chi connectivity index (χ4n) is 4.07. The molecule has 2 heterocycles. The summed E-state index contributed by atoms with van der Waals surface area (Å²) in [5, 5.41) is 12.5. The Morgan fingerprint density at radius 1 is 0.719 bits per heavy atom.